The van der Waals surface area contributed by atoms with Gasteiger partial charge in [0.1, 0.15) is 0 Å². The molecule has 3 atom stereocenters. The van der Waals surface area contributed by atoms with Crippen molar-refractivity contribution in [3.05, 3.63) is 24.3 Å². The highest BCUT2D eigenvalue weighted by Gasteiger charge is 2.56. The average Bonchev–Trinajstić information content (AvgIpc) is 3.28. The maximum atomic E-state index is 12.2. The second kappa shape index (κ2) is 11.9. The predicted octanol–water partition coefficient (Wildman–Crippen LogP) is 4.41. The van der Waals surface area contributed by atoms with Crippen LogP contribution in [0, 0.1) is 29.1 Å². The van der Waals surface area contributed by atoms with Gasteiger partial charge in [-0.05, 0) is 31.8 Å². The number of ether oxygens (including phenoxy) is 2. The lowest BCUT2D eigenvalue weighted by Gasteiger charge is -2.30. The molecule has 0 amide bonds. The maximum absolute atomic E-state index is 12.2. The first-order valence-corrected chi connectivity index (χ1v) is 10.8. The predicted molar refractivity (Wildman–Crippen MR) is 109 cm³/mol. The number of aliphatic carboxylic acids is 1. The highest BCUT2D eigenvalue weighted by Crippen LogP contribution is 2.51. The Hall–Kier alpha value is -1.97. The summed E-state index contributed by atoms with van der Waals surface area (Å²) in [6, 6.07) is 2.38. The number of nitrogens with zero attached hydrogens (tertiary/aromatic N) is 1. The van der Waals surface area contributed by atoms with Crippen LogP contribution in [0.1, 0.15) is 64.7 Å². The van der Waals surface area contributed by atoms with E-state index < -0.39 is 11.8 Å². The molecule has 1 N–H and O–H groups in total. The van der Waals surface area contributed by atoms with E-state index in [4.69, 9.17) is 14.6 Å². The summed E-state index contributed by atoms with van der Waals surface area (Å²) in [6.07, 6.45) is 13.8. The second-order valence-electron chi connectivity index (χ2n) is 7.91. The van der Waals surface area contributed by atoms with E-state index in [-0.39, 0.29) is 30.0 Å². The van der Waals surface area contributed by atoms with Gasteiger partial charge in [0.2, 0.25) is 0 Å². The number of rotatable bonds is 12. The Balaban J connectivity index is 2.04. The average molecular weight is 404 g/mol. The first-order valence-electron chi connectivity index (χ1n) is 10.8. The fourth-order valence-electron chi connectivity index (χ4n) is 4.29. The van der Waals surface area contributed by atoms with Crippen molar-refractivity contribution in [3.63, 3.8) is 0 Å². The fourth-order valence-corrected chi connectivity index (χ4v) is 4.29. The maximum Gasteiger partial charge on any atom is 0.303 e. The minimum Gasteiger partial charge on any atom is -0.481 e. The normalized spacial score (nSPS) is 25.9. The van der Waals surface area contributed by atoms with Gasteiger partial charge in [-0.15, -0.1) is 0 Å². The molecule has 0 aromatic carbocycles. The van der Waals surface area contributed by atoms with Crippen molar-refractivity contribution in [1.82, 2.24) is 0 Å². The van der Waals surface area contributed by atoms with Crippen molar-refractivity contribution < 1.29 is 24.2 Å². The first kappa shape index (κ1) is 23.3. The van der Waals surface area contributed by atoms with E-state index in [1.54, 1.807) is 6.08 Å². The van der Waals surface area contributed by atoms with Crippen LogP contribution in [0.15, 0.2) is 24.3 Å². The van der Waals surface area contributed by atoms with Gasteiger partial charge in [-0.1, -0.05) is 38.0 Å². The number of nitriles is 1. The summed E-state index contributed by atoms with van der Waals surface area (Å²) in [7, 11) is 0. The van der Waals surface area contributed by atoms with Gasteiger partial charge in [0.05, 0.1) is 25.2 Å². The lowest BCUT2D eigenvalue weighted by molar-refractivity contribution is -0.184. The molecule has 2 unspecified atom stereocenters. The molecular weight excluding hydrogens is 370 g/mol. The molecule has 0 radical (unpaired) electrons. The number of unbranched alkanes of at least 4 members (excludes halogenated alkanes) is 3. The first-order chi connectivity index (χ1) is 14.0. The van der Waals surface area contributed by atoms with Gasteiger partial charge in [-0.3, -0.25) is 9.59 Å². The van der Waals surface area contributed by atoms with Crippen LogP contribution in [0.2, 0.25) is 0 Å². The molecule has 160 valence electrons. The quantitative estimate of drug-likeness (QED) is 0.294. The van der Waals surface area contributed by atoms with E-state index in [2.05, 4.69) is 13.0 Å². The summed E-state index contributed by atoms with van der Waals surface area (Å²) in [5.74, 6) is -1.83. The lowest BCUT2D eigenvalue weighted by atomic mass is 9.85. The Morgan fingerprint density at radius 3 is 2.59 bits per heavy atom. The summed E-state index contributed by atoms with van der Waals surface area (Å²) in [5, 5.41) is 18.4. The SMILES string of the molecule is CCCCCC(=O)/C=C/C1C(C/C=C/CCCC(=O)O)C2(C[C@H]1C#N)OCCO2. The molecule has 2 rings (SSSR count). The number of carboxylic acid groups (broad SMARTS) is 1. The van der Waals surface area contributed by atoms with Gasteiger partial charge in [-0.25, -0.2) is 0 Å². The third kappa shape index (κ3) is 6.80. The Bertz CT molecular complexity index is 642. The molecule has 6 heteroatoms. The zero-order valence-electron chi connectivity index (χ0n) is 17.3. The number of ketones is 1. The monoisotopic (exact) mass is 403 g/mol. The van der Waals surface area contributed by atoms with E-state index in [1.807, 2.05) is 18.2 Å². The summed E-state index contributed by atoms with van der Waals surface area (Å²) >= 11 is 0. The van der Waals surface area contributed by atoms with Crippen LogP contribution in [0.25, 0.3) is 0 Å². The van der Waals surface area contributed by atoms with Gasteiger partial charge in [0.15, 0.2) is 11.6 Å². The highest BCUT2D eigenvalue weighted by atomic mass is 16.7. The van der Waals surface area contributed by atoms with E-state index in [9.17, 15) is 14.9 Å². The van der Waals surface area contributed by atoms with E-state index in [0.717, 1.165) is 19.3 Å². The number of hydrogen-bond acceptors (Lipinski definition) is 5. The Kier molecular flexibility index (Phi) is 9.56. The third-order valence-corrected chi connectivity index (χ3v) is 5.79. The zero-order valence-corrected chi connectivity index (χ0v) is 17.3. The van der Waals surface area contributed by atoms with Crippen LogP contribution in [0.5, 0.6) is 0 Å². The molecule has 1 aliphatic heterocycles. The van der Waals surface area contributed by atoms with Crippen LogP contribution < -0.4 is 0 Å². The topological polar surface area (TPSA) is 96.6 Å². The summed E-state index contributed by atoms with van der Waals surface area (Å²) in [5.41, 5.74) is 0. The Morgan fingerprint density at radius 2 is 1.93 bits per heavy atom. The van der Waals surface area contributed by atoms with Crippen molar-refractivity contribution in [3.8, 4) is 6.07 Å². The standard InChI is InChI=1S/C23H33NO5/c1-2-3-6-9-19(25)12-13-20-18(17-24)16-23(28-14-15-29-23)21(20)10-7-4-5-8-11-22(26)27/h4,7,12-13,18,20-21H,2-3,5-6,8-11,14-16H2,1H3,(H,26,27)/b7-4+,13-12+/t18-,20?,21?/m0/s1. The van der Waals surface area contributed by atoms with Crippen LogP contribution in [-0.4, -0.2) is 35.9 Å². The molecule has 0 bridgehead atoms. The summed E-state index contributed by atoms with van der Waals surface area (Å²) in [6.45, 7) is 3.14. The van der Waals surface area contributed by atoms with Crippen molar-refractivity contribution in [2.75, 3.05) is 13.2 Å². The van der Waals surface area contributed by atoms with Crippen molar-refractivity contribution in [2.24, 2.45) is 17.8 Å². The van der Waals surface area contributed by atoms with E-state index >= 15 is 0 Å². The van der Waals surface area contributed by atoms with Crippen molar-refractivity contribution in [1.29, 1.82) is 5.26 Å². The minimum atomic E-state index is -0.786. The smallest absolute Gasteiger partial charge is 0.303 e. The van der Waals surface area contributed by atoms with Gasteiger partial charge in [-0.2, -0.15) is 5.26 Å². The lowest BCUT2D eigenvalue weighted by Crippen LogP contribution is -2.36. The number of allylic oxidation sites excluding steroid dienone is 4. The fraction of sp³-hybridized carbons (Fsp3) is 0.696. The molecule has 2 aliphatic rings. The number of carboxylic acids is 1. The summed E-state index contributed by atoms with van der Waals surface area (Å²) < 4.78 is 11.9. The second-order valence-corrected chi connectivity index (χ2v) is 7.91. The van der Waals surface area contributed by atoms with Gasteiger partial charge in [0, 0.05) is 31.1 Å². The molecule has 1 saturated heterocycles. The highest BCUT2D eigenvalue weighted by molar-refractivity contribution is 5.89. The van der Waals surface area contributed by atoms with Crippen molar-refractivity contribution in [2.45, 2.75) is 70.5 Å². The molecule has 1 aliphatic carbocycles. The Morgan fingerprint density at radius 1 is 1.17 bits per heavy atom. The largest absolute Gasteiger partial charge is 0.481 e. The van der Waals surface area contributed by atoms with Crippen LogP contribution in [0.4, 0.5) is 0 Å². The zero-order chi connectivity index (χ0) is 21.1. The third-order valence-electron chi connectivity index (χ3n) is 5.79. The van der Waals surface area contributed by atoms with Crippen molar-refractivity contribution >= 4 is 11.8 Å². The van der Waals surface area contributed by atoms with Gasteiger partial charge < -0.3 is 14.6 Å². The number of hydrogen-bond donors (Lipinski definition) is 1. The molecule has 1 saturated carbocycles. The van der Waals surface area contributed by atoms with E-state index in [0.29, 0.717) is 45.3 Å². The molecule has 6 nitrogen and oxygen atoms in total. The number of carbonyl (C=O) groups excluding carboxylic acids is 1. The Labute approximate surface area is 173 Å². The molecule has 0 aromatic rings. The van der Waals surface area contributed by atoms with Crippen LogP contribution in [0.3, 0.4) is 0 Å². The minimum absolute atomic E-state index is 0.0370. The van der Waals surface area contributed by atoms with Gasteiger partial charge in [0.25, 0.3) is 0 Å². The molecular formula is C23H33NO5. The summed E-state index contributed by atoms with van der Waals surface area (Å²) in [4.78, 5) is 22.8. The van der Waals surface area contributed by atoms with Crippen LogP contribution in [-0.2, 0) is 19.1 Å². The number of carbonyl (C=O) groups is 2. The molecule has 1 spiro atoms. The molecule has 0 aromatic heterocycles. The van der Waals surface area contributed by atoms with Crippen LogP contribution >= 0.6 is 0 Å². The molecule has 2 fully saturated rings. The molecule has 29 heavy (non-hydrogen) atoms. The van der Waals surface area contributed by atoms with E-state index in [1.165, 1.54) is 0 Å². The van der Waals surface area contributed by atoms with Gasteiger partial charge >= 0.3 is 5.97 Å². The molecule has 1 heterocycles.